The van der Waals surface area contributed by atoms with Gasteiger partial charge in [-0.05, 0) is 24.5 Å². The van der Waals surface area contributed by atoms with Crippen molar-refractivity contribution in [3.63, 3.8) is 0 Å². The minimum absolute atomic E-state index is 0.0370. The molecule has 0 spiro atoms. The van der Waals surface area contributed by atoms with Gasteiger partial charge in [-0.1, -0.05) is 81.0 Å². The summed E-state index contributed by atoms with van der Waals surface area (Å²) in [5.74, 6) is -0.627. The molecule has 3 rings (SSSR count). The summed E-state index contributed by atoms with van der Waals surface area (Å²) in [4.78, 5) is 41.8. The maximum Gasteiger partial charge on any atom is 0.246 e. The van der Waals surface area contributed by atoms with Crippen molar-refractivity contribution in [3.05, 3.63) is 71.8 Å². The van der Waals surface area contributed by atoms with Gasteiger partial charge in [0.2, 0.25) is 17.7 Å². The van der Waals surface area contributed by atoms with Crippen molar-refractivity contribution >= 4 is 23.8 Å². The number of aliphatic hydroxyl groups excluding tert-OH is 1. The zero-order chi connectivity index (χ0) is 29.1. The maximum atomic E-state index is 13.7. The molecule has 2 unspecified atom stereocenters. The van der Waals surface area contributed by atoms with Gasteiger partial charge in [0.05, 0.1) is 12.1 Å². The number of nitrogens with zero attached hydrogens (tertiary/aromatic N) is 1. The van der Waals surface area contributed by atoms with E-state index in [2.05, 4.69) is 16.0 Å². The molecule has 0 radical (unpaired) electrons. The van der Waals surface area contributed by atoms with E-state index >= 15 is 0 Å². The lowest BCUT2D eigenvalue weighted by Gasteiger charge is -2.35. The Bertz CT molecular complexity index is 1150. The molecular weight excluding hydrogens is 508 g/mol. The number of carbonyl (C=O) groups excluding carboxylic acids is 3. The Morgan fingerprint density at radius 3 is 2.42 bits per heavy atom. The molecule has 9 heteroatoms. The fraction of sp³-hybridized carbons (Fsp3) is 0.452. The topological polar surface area (TPSA) is 120 Å². The number of likely N-dealkylation sites (N-methyl/N-ethyl adjacent to an activating group) is 1. The first-order chi connectivity index (χ1) is 19.2. The molecule has 0 fully saturated rings. The second-order valence-corrected chi connectivity index (χ2v) is 10.2. The Morgan fingerprint density at radius 2 is 1.73 bits per heavy atom. The van der Waals surface area contributed by atoms with Crippen molar-refractivity contribution < 1.29 is 24.2 Å². The molecule has 1 aliphatic rings. The van der Waals surface area contributed by atoms with Crippen molar-refractivity contribution in [2.24, 2.45) is 5.92 Å². The molecule has 1 heterocycles. The molecule has 2 aromatic rings. The van der Waals surface area contributed by atoms with E-state index in [0.717, 1.165) is 17.5 Å². The summed E-state index contributed by atoms with van der Waals surface area (Å²) in [5, 5.41) is 19.6. The van der Waals surface area contributed by atoms with Crippen LogP contribution in [0.4, 0.5) is 0 Å². The van der Waals surface area contributed by atoms with Crippen LogP contribution in [0.5, 0.6) is 5.75 Å². The molecule has 0 aromatic heterocycles. The summed E-state index contributed by atoms with van der Waals surface area (Å²) < 4.78 is 6.01. The second kappa shape index (κ2) is 15.2. The minimum atomic E-state index is -1.19. The lowest BCUT2D eigenvalue weighted by Crippen LogP contribution is -2.61. The monoisotopic (exact) mass is 550 g/mol. The average Bonchev–Trinajstić information content (AvgIpc) is 2.94. The molecule has 4 N–H and O–H groups in total. The van der Waals surface area contributed by atoms with Crippen LogP contribution in [-0.4, -0.2) is 78.7 Å². The van der Waals surface area contributed by atoms with Crippen molar-refractivity contribution in [2.75, 3.05) is 26.7 Å². The Labute approximate surface area is 237 Å². The van der Waals surface area contributed by atoms with Crippen LogP contribution in [0.15, 0.2) is 60.7 Å². The number of benzene rings is 2. The summed E-state index contributed by atoms with van der Waals surface area (Å²) in [6.45, 7) is 6.41. The summed E-state index contributed by atoms with van der Waals surface area (Å²) >= 11 is 0. The van der Waals surface area contributed by atoms with E-state index in [1.165, 1.54) is 18.9 Å². The number of nitrogens with one attached hydrogen (secondary N) is 3. The number of hydrogen-bond donors (Lipinski definition) is 4. The highest BCUT2D eigenvalue weighted by molar-refractivity contribution is 5.93. The van der Waals surface area contributed by atoms with E-state index in [1.54, 1.807) is 0 Å². The first-order valence-electron chi connectivity index (χ1n) is 13.9. The van der Waals surface area contributed by atoms with Gasteiger partial charge in [0, 0.05) is 32.1 Å². The summed E-state index contributed by atoms with van der Waals surface area (Å²) in [5.41, 5.74) is 1.73. The summed E-state index contributed by atoms with van der Waals surface area (Å²) in [6, 6.07) is 14.3. The van der Waals surface area contributed by atoms with Gasteiger partial charge in [-0.15, -0.1) is 0 Å². The quantitative estimate of drug-likeness (QED) is 0.453. The Balaban J connectivity index is 1.95. The van der Waals surface area contributed by atoms with Crippen molar-refractivity contribution in [1.29, 1.82) is 0 Å². The van der Waals surface area contributed by atoms with Crippen LogP contribution >= 0.6 is 0 Å². The number of fused-ring (bicyclic) bond motifs is 1. The highest BCUT2D eigenvalue weighted by Crippen LogP contribution is 2.20. The third-order valence-electron chi connectivity index (χ3n) is 7.22. The molecule has 0 bridgehead atoms. The third-order valence-corrected chi connectivity index (χ3v) is 7.22. The fourth-order valence-corrected chi connectivity index (χ4v) is 4.75. The number of carbonyl (C=O) groups is 3. The van der Waals surface area contributed by atoms with Gasteiger partial charge in [-0.3, -0.25) is 14.4 Å². The number of ether oxygens (including phenoxy) is 1. The lowest BCUT2D eigenvalue weighted by atomic mass is 9.96. The standard InChI is InChI=1S/C31H42N4O5/c1-5-21(2)27-31(39)35(4)28(22(3)36)30(38)34-25(20-23-12-7-6-8-13-23)29(37)33-17-11-15-24-14-9-10-16-26(24)40-19-18-32-27/h6-16,21-22,25,27-28,32,36H,5,17-20H2,1-4H3,(H,33,37)(H,34,38)/t21?,22?,25-,27+,28+/m1/s1. The number of para-hydroxylation sites is 1. The molecule has 9 nitrogen and oxygen atoms in total. The van der Waals surface area contributed by atoms with E-state index in [1.807, 2.05) is 80.6 Å². The maximum absolute atomic E-state index is 13.7. The van der Waals surface area contributed by atoms with E-state index in [4.69, 9.17) is 4.74 Å². The largest absolute Gasteiger partial charge is 0.492 e. The Morgan fingerprint density at radius 1 is 1.02 bits per heavy atom. The highest BCUT2D eigenvalue weighted by atomic mass is 16.5. The fourth-order valence-electron chi connectivity index (χ4n) is 4.75. The van der Waals surface area contributed by atoms with Gasteiger partial charge >= 0.3 is 0 Å². The number of hydrogen-bond acceptors (Lipinski definition) is 6. The first-order valence-corrected chi connectivity index (χ1v) is 13.9. The Kier molecular flexibility index (Phi) is 11.7. The van der Waals surface area contributed by atoms with Gasteiger partial charge in [-0.2, -0.15) is 0 Å². The molecule has 0 saturated carbocycles. The smallest absolute Gasteiger partial charge is 0.246 e. The van der Waals surface area contributed by atoms with Crippen LogP contribution < -0.4 is 20.7 Å². The number of aliphatic hydroxyl groups is 1. The molecule has 0 saturated heterocycles. The lowest BCUT2D eigenvalue weighted by molar-refractivity contribution is -0.146. The van der Waals surface area contributed by atoms with Crippen molar-refractivity contribution in [1.82, 2.24) is 20.9 Å². The van der Waals surface area contributed by atoms with Crippen molar-refractivity contribution in [2.45, 2.75) is 57.8 Å². The van der Waals surface area contributed by atoms with Gasteiger partial charge in [-0.25, -0.2) is 0 Å². The van der Waals surface area contributed by atoms with E-state index in [-0.39, 0.29) is 30.7 Å². The van der Waals surface area contributed by atoms with E-state index < -0.39 is 30.1 Å². The molecule has 5 atom stereocenters. The van der Waals surface area contributed by atoms with Crippen LogP contribution in [0.2, 0.25) is 0 Å². The molecule has 40 heavy (non-hydrogen) atoms. The van der Waals surface area contributed by atoms with Gasteiger partial charge < -0.3 is 30.7 Å². The van der Waals surface area contributed by atoms with E-state index in [9.17, 15) is 19.5 Å². The predicted molar refractivity (Wildman–Crippen MR) is 156 cm³/mol. The van der Waals surface area contributed by atoms with Crippen LogP contribution in [0.25, 0.3) is 6.08 Å². The predicted octanol–water partition coefficient (Wildman–Crippen LogP) is 2.15. The summed E-state index contributed by atoms with van der Waals surface area (Å²) in [7, 11) is 1.51. The second-order valence-electron chi connectivity index (χ2n) is 10.2. The van der Waals surface area contributed by atoms with Crippen LogP contribution in [0.1, 0.15) is 38.3 Å². The third kappa shape index (κ3) is 8.40. The van der Waals surface area contributed by atoms with Crippen LogP contribution in [0.3, 0.4) is 0 Å². The summed E-state index contributed by atoms with van der Waals surface area (Å²) in [6.07, 6.45) is 3.52. The van der Waals surface area contributed by atoms with Gasteiger partial charge in [0.1, 0.15) is 24.4 Å². The number of amides is 3. The van der Waals surface area contributed by atoms with Crippen LogP contribution in [-0.2, 0) is 20.8 Å². The van der Waals surface area contributed by atoms with Gasteiger partial charge in [0.25, 0.3) is 0 Å². The minimum Gasteiger partial charge on any atom is -0.492 e. The molecular formula is C31H42N4O5. The van der Waals surface area contributed by atoms with Crippen molar-refractivity contribution in [3.8, 4) is 5.75 Å². The molecule has 0 aliphatic carbocycles. The van der Waals surface area contributed by atoms with Crippen LogP contribution in [0, 0.1) is 5.92 Å². The zero-order valence-corrected chi connectivity index (χ0v) is 23.8. The molecule has 216 valence electrons. The Hall–Kier alpha value is -3.69. The zero-order valence-electron chi connectivity index (χ0n) is 23.8. The molecule has 2 aromatic carbocycles. The SMILES string of the molecule is CCC(C)[C@@H]1NCCOc2ccccc2C=CCNC(=O)[C@@H](Cc2ccccc2)NC(=O)[C@H](C(C)O)N(C)C1=O. The number of rotatable bonds is 5. The molecule has 1 aliphatic heterocycles. The highest BCUT2D eigenvalue weighted by Gasteiger charge is 2.37. The normalized spacial score (nSPS) is 23.1. The van der Waals surface area contributed by atoms with Gasteiger partial charge in [0.15, 0.2) is 0 Å². The first kappa shape index (κ1) is 30.8. The average molecular weight is 551 g/mol. The van der Waals surface area contributed by atoms with E-state index in [0.29, 0.717) is 18.9 Å². The molecule has 3 amide bonds.